The molecule has 0 unspecified atom stereocenters. The summed E-state index contributed by atoms with van der Waals surface area (Å²) in [7, 11) is 4.09. The van der Waals surface area contributed by atoms with Crippen LogP contribution < -0.4 is 10.2 Å². The smallest absolute Gasteiger partial charge is 0.409 e. The Bertz CT molecular complexity index is 543. The minimum atomic E-state index is -0.234. The lowest BCUT2D eigenvalue weighted by Crippen LogP contribution is -2.49. The third-order valence-electron chi connectivity index (χ3n) is 3.82. The molecule has 2 heterocycles. The van der Waals surface area contributed by atoms with Gasteiger partial charge in [-0.1, -0.05) is 0 Å². The van der Waals surface area contributed by atoms with Gasteiger partial charge in [-0.25, -0.2) is 14.8 Å². The normalized spacial score (nSPS) is 14.9. The third-order valence-corrected chi connectivity index (χ3v) is 3.82. The predicted octanol–water partition coefficient (Wildman–Crippen LogP) is 1.04. The van der Waals surface area contributed by atoms with Crippen LogP contribution in [0.25, 0.3) is 0 Å². The minimum absolute atomic E-state index is 0.234. The van der Waals surface area contributed by atoms with Crippen molar-refractivity contribution in [3.05, 3.63) is 11.9 Å². The summed E-state index contributed by atoms with van der Waals surface area (Å²) in [6, 6.07) is 1.97. The second-order valence-electron chi connectivity index (χ2n) is 6.06. The van der Waals surface area contributed by atoms with E-state index >= 15 is 0 Å². The van der Waals surface area contributed by atoms with E-state index in [0.29, 0.717) is 19.7 Å². The van der Waals surface area contributed by atoms with Crippen molar-refractivity contribution in [2.45, 2.75) is 13.8 Å². The molecule has 0 spiro atoms. The van der Waals surface area contributed by atoms with E-state index in [1.165, 1.54) is 0 Å². The van der Waals surface area contributed by atoms with Gasteiger partial charge in [0, 0.05) is 45.3 Å². The number of aromatic nitrogens is 2. The molecule has 0 radical (unpaired) electrons. The highest BCUT2D eigenvalue weighted by atomic mass is 16.6. The van der Waals surface area contributed by atoms with Crippen LogP contribution in [0.15, 0.2) is 6.07 Å². The SMILES string of the molecule is CCOC(=O)N1CCN(c2cc(NCCN(C)C)nc(C)n2)CC1. The number of likely N-dealkylation sites (N-methyl/N-ethyl adjacent to an activating group) is 1. The van der Waals surface area contributed by atoms with E-state index in [4.69, 9.17) is 4.74 Å². The van der Waals surface area contributed by atoms with Gasteiger partial charge in [0.1, 0.15) is 17.5 Å². The van der Waals surface area contributed by atoms with Gasteiger partial charge in [0.05, 0.1) is 6.61 Å². The molecule has 1 fully saturated rings. The van der Waals surface area contributed by atoms with Gasteiger partial charge in [0.2, 0.25) is 0 Å². The Balaban J connectivity index is 1.94. The highest BCUT2D eigenvalue weighted by Gasteiger charge is 2.23. The number of aryl methyl sites for hydroxylation is 1. The Labute approximate surface area is 143 Å². The van der Waals surface area contributed by atoms with Gasteiger partial charge in [0.15, 0.2) is 0 Å². The van der Waals surface area contributed by atoms with Crippen molar-refractivity contribution in [2.24, 2.45) is 0 Å². The van der Waals surface area contributed by atoms with E-state index in [9.17, 15) is 4.79 Å². The maximum atomic E-state index is 11.8. The molecule has 0 atom stereocenters. The fraction of sp³-hybridized carbons (Fsp3) is 0.688. The van der Waals surface area contributed by atoms with E-state index in [0.717, 1.165) is 43.6 Å². The average molecular weight is 336 g/mol. The summed E-state index contributed by atoms with van der Waals surface area (Å²) in [5.41, 5.74) is 0. The standard InChI is InChI=1S/C16H28N6O2/c1-5-24-16(23)22-10-8-21(9-11-22)15-12-14(18-13(2)19-15)17-6-7-20(3)4/h12H,5-11H2,1-4H3,(H,17,18,19). The van der Waals surface area contributed by atoms with E-state index in [-0.39, 0.29) is 6.09 Å². The summed E-state index contributed by atoms with van der Waals surface area (Å²) in [6.45, 7) is 8.68. The Morgan fingerprint density at radius 1 is 1.29 bits per heavy atom. The number of hydrogen-bond donors (Lipinski definition) is 1. The van der Waals surface area contributed by atoms with Crippen LogP contribution in [0.3, 0.4) is 0 Å². The molecule has 1 aromatic heterocycles. The zero-order valence-electron chi connectivity index (χ0n) is 15.1. The van der Waals surface area contributed by atoms with Crippen LogP contribution in [0.5, 0.6) is 0 Å². The van der Waals surface area contributed by atoms with Crippen LogP contribution >= 0.6 is 0 Å². The number of carbonyl (C=O) groups excluding carboxylic acids is 1. The number of amides is 1. The van der Waals surface area contributed by atoms with E-state index in [1.54, 1.807) is 4.90 Å². The largest absolute Gasteiger partial charge is 0.450 e. The summed E-state index contributed by atoms with van der Waals surface area (Å²) in [6.07, 6.45) is -0.234. The topological polar surface area (TPSA) is 73.8 Å². The Kier molecular flexibility index (Phi) is 6.60. The molecule has 0 bridgehead atoms. The van der Waals surface area contributed by atoms with Crippen molar-refractivity contribution in [1.29, 1.82) is 0 Å². The molecule has 1 aliphatic rings. The molecule has 2 rings (SSSR count). The van der Waals surface area contributed by atoms with Crippen molar-refractivity contribution in [1.82, 2.24) is 19.8 Å². The molecule has 0 saturated carbocycles. The fourth-order valence-electron chi connectivity index (χ4n) is 2.54. The summed E-state index contributed by atoms with van der Waals surface area (Å²) in [5.74, 6) is 2.48. The molecule has 1 aliphatic heterocycles. The number of ether oxygens (including phenoxy) is 1. The number of carbonyl (C=O) groups is 1. The molecular weight excluding hydrogens is 308 g/mol. The second kappa shape index (κ2) is 8.68. The van der Waals surface area contributed by atoms with Crippen LogP contribution in [0.4, 0.5) is 16.4 Å². The highest BCUT2D eigenvalue weighted by molar-refractivity contribution is 5.68. The molecule has 24 heavy (non-hydrogen) atoms. The van der Waals surface area contributed by atoms with Crippen molar-refractivity contribution < 1.29 is 9.53 Å². The van der Waals surface area contributed by atoms with Crippen molar-refractivity contribution in [3.8, 4) is 0 Å². The summed E-state index contributed by atoms with van der Waals surface area (Å²) in [5, 5.41) is 3.34. The van der Waals surface area contributed by atoms with Crippen LogP contribution in [-0.2, 0) is 4.74 Å². The van der Waals surface area contributed by atoms with Gasteiger partial charge in [0.25, 0.3) is 0 Å². The molecule has 1 saturated heterocycles. The first-order chi connectivity index (χ1) is 11.5. The third kappa shape index (κ3) is 5.23. The predicted molar refractivity (Wildman–Crippen MR) is 94.6 cm³/mol. The van der Waals surface area contributed by atoms with E-state index in [2.05, 4.69) is 25.1 Å². The van der Waals surface area contributed by atoms with Crippen LogP contribution in [-0.4, -0.2) is 85.8 Å². The van der Waals surface area contributed by atoms with Gasteiger partial charge < -0.3 is 24.8 Å². The first-order valence-electron chi connectivity index (χ1n) is 8.40. The van der Waals surface area contributed by atoms with Gasteiger partial charge >= 0.3 is 6.09 Å². The Hall–Kier alpha value is -2.09. The second-order valence-corrected chi connectivity index (χ2v) is 6.06. The molecule has 8 heteroatoms. The molecule has 0 aromatic carbocycles. The zero-order chi connectivity index (χ0) is 17.5. The van der Waals surface area contributed by atoms with Crippen molar-refractivity contribution in [3.63, 3.8) is 0 Å². The molecule has 134 valence electrons. The molecule has 8 nitrogen and oxygen atoms in total. The lowest BCUT2D eigenvalue weighted by atomic mass is 10.3. The molecular formula is C16H28N6O2. The summed E-state index contributed by atoms with van der Waals surface area (Å²) in [4.78, 5) is 26.8. The Morgan fingerprint density at radius 2 is 2.00 bits per heavy atom. The Morgan fingerprint density at radius 3 is 2.62 bits per heavy atom. The van der Waals surface area contributed by atoms with Gasteiger partial charge in [-0.15, -0.1) is 0 Å². The lowest BCUT2D eigenvalue weighted by Gasteiger charge is -2.34. The molecule has 1 amide bonds. The maximum absolute atomic E-state index is 11.8. The maximum Gasteiger partial charge on any atom is 0.409 e. The monoisotopic (exact) mass is 336 g/mol. The quantitative estimate of drug-likeness (QED) is 0.832. The number of anilines is 2. The van der Waals surface area contributed by atoms with Crippen molar-refractivity contribution >= 4 is 17.7 Å². The van der Waals surface area contributed by atoms with Gasteiger partial charge in [-0.2, -0.15) is 0 Å². The van der Waals surface area contributed by atoms with Gasteiger partial charge in [-0.3, -0.25) is 0 Å². The fourth-order valence-corrected chi connectivity index (χ4v) is 2.54. The molecule has 0 aliphatic carbocycles. The first kappa shape index (κ1) is 18.3. The lowest BCUT2D eigenvalue weighted by molar-refractivity contribution is 0.105. The van der Waals surface area contributed by atoms with Crippen LogP contribution in [0.2, 0.25) is 0 Å². The zero-order valence-corrected chi connectivity index (χ0v) is 15.1. The highest BCUT2D eigenvalue weighted by Crippen LogP contribution is 2.18. The van der Waals surface area contributed by atoms with Crippen molar-refractivity contribution in [2.75, 3.05) is 70.2 Å². The first-order valence-corrected chi connectivity index (χ1v) is 8.40. The van der Waals surface area contributed by atoms with E-state index in [1.807, 2.05) is 34.0 Å². The summed E-state index contributed by atoms with van der Waals surface area (Å²) >= 11 is 0. The number of nitrogens with one attached hydrogen (secondary N) is 1. The van der Waals surface area contributed by atoms with Crippen LogP contribution in [0.1, 0.15) is 12.7 Å². The number of rotatable bonds is 6. The number of hydrogen-bond acceptors (Lipinski definition) is 7. The number of nitrogens with zero attached hydrogens (tertiary/aromatic N) is 5. The number of piperazine rings is 1. The van der Waals surface area contributed by atoms with E-state index < -0.39 is 0 Å². The average Bonchev–Trinajstić information content (AvgIpc) is 2.54. The van der Waals surface area contributed by atoms with Gasteiger partial charge in [-0.05, 0) is 27.9 Å². The van der Waals surface area contributed by atoms with Crippen LogP contribution in [0, 0.1) is 6.92 Å². The molecule has 1 N–H and O–H groups in total. The summed E-state index contributed by atoms with van der Waals surface area (Å²) < 4.78 is 5.05. The minimum Gasteiger partial charge on any atom is -0.450 e. The molecule has 1 aromatic rings.